The van der Waals surface area contributed by atoms with Crippen LogP contribution >= 0.6 is 35.3 Å². The van der Waals surface area contributed by atoms with Crippen molar-refractivity contribution in [3.05, 3.63) is 69.5 Å². The summed E-state index contributed by atoms with van der Waals surface area (Å²) in [5.74, 6) is 0.676. The highest BCUT2D eigenvalue weighted by atomic mass is 32.2. The molecule has 1 saturated heterocycles. The number of thioether (sulfide) groups is 1. The van der Waals surface area contributed by atoms with Crippen molar-refractivity contribution < 1.29 is 4.79 Å². The van der Waals surface area contributed by atoms with Gasteiger partial charge in [0.15, 0.2) is 5.82 Å². The highest BCUT2D eigenvalue weighted by Gasteiger charge is 2.31. The number of carbonyl (C=O) groups is 1. The van der Waals surface area contributed by atoms with Gasteiger partial charge in [-0.2, -0.15) is 5.21 Å². The second-order valence-electron chi connectivity index (χ2n) is 7.42. The Morgan fingerprint density at radius 2 is 1.94 bits per heavy atom. The predicted molar refractivity (Wildman–Crippen MR) is 134 cm³/mol. The predicted octanol–water partition coefficient (Wildman–Crippen LogP) is 5.31. The van der Waals surface area contributed by atoms with Gasteiger partial charge in [0.1, 0.15) is 4.32 Å². The van der Waals surface area contributed by atoms with E-state index in [-0.39, 0.29) is 5.91 Å². The van der Waals surface area contributed by atoms with Crippen LogP contribution in [0.2, 0.25) is 0 Å². The average Bonchev–Trinajstić information content (AvgIpc) is 3.54. The highest BCUT2D eigenvalue weighted by Crippen LogP contribution is 2.35. The molecule has 1 N–H and O–H groups in total. The monoisotopic (exact) mass is 477 g/mol. The molecule has 3 heterocycles. The maximum Gasteiger partial charge on any atom is 0.266 e. The van der Waals surface area contributed by atoms with E-state index in [9.17, 15) is 4.79 Å². The van der Waals surface area contributed by atoms with Crippen molar-refractivity contribution in [3.8, 4) is 11.1 Å². The molecule has 0 bridgehead atoms. The molecule has 9 heteroatoms. The van der Waals surface area contributed by atoms with Gasteiger partial charge in [0.25, 0.3) is 5.91 Å². The molecule has 0 radical (unpaired) electrons. The fourth-order valence-electron chi connectivity index (χ4n) is 3.61. The molecule has 32 heavy (non-hydrogen) atoms. The van der Waals surface area contributed by atoms with E-state index in [2.05, 4.69) is 74.5 Å². The molecule has 1 amide bonds. The molecule has 1 aliphatic rings. The summed E-state index contributed by atoms with van der Waals surface area (Å²) in [5.41, 5.74) is 2.33. The Kier molecular flexibility index (Phi) is 6.11. The summed E-state index contributed by atoms with van der Waals surface area (Å²) in [5, 5.41) is 18.5. The third kappa shape index (κ3) is 4.50. The van der Waals surface area contributed by atoms with Crippen molar-refractivity contribution in [2.45, 2.75) is 19.3 Å². The molecule has 1 aliphatic heterocycles. The van der Waals surface area contributed by atoms with Crippen molar-refractivity contribution >= 4 is 62.4 Å². The van der Waals surface area contributed by atoms with E-state index in [1.54, 1.807) is 16.2 Å². The van der Waals surface area contributed by atoms with E-state index in [0.717, 1.165) is 29.7 Å². The zero-order chi connectivity index (χ0) is 21.9. The lowest BCUT2D eigenvalue weighted by Crippen LogP contribution is -2.29. The van der Waals surface area contributed by atoms with Crippen LogP contribution in [0.3, 0.4) is 0 Å². The third-order valence-electron chi connectivity index (χ3n) is 5.27. The van der Waals surface area contributed by atoms with Crippen LogP contribution in [0.5, 0.6) is 0 Å². The second-order valence-corrected chi connectivity index (χ2v) is 10.0. The average molecular weight is 478 g/mol. The Hall–Kier alpha value is -2.88. The van der Waals surface area contributed by atoms with E-state index in [1.165, 1.54) is 28.1 Å². The number of amides is 1. The molecule has 0 spiro atoms. The number of aromatic amines is 1. The number of carbonyl (C=O) groups excluding carboxylic acids is 1. The summed E-state index contributed by atoms with van der Waals surface area (Å²) in [6.45, 7) is 0.604. The van der Waals surface area contributed by atoms with Gasteiger partial charge in [-0.25, -0.2) is 0 Å². The Morgan fingerprint density at radius 1 is 1.06 bits per heavy atom. The molecule has 0 unspecified atom stereocenters. The molecule has 6 nitrogen and oxygen atoms in total. The zero-order valence-electron chi connectivity index (χ0n) is 17.0. The second kappa shape index (κ2) is 9.32. The molecule has 0 saturated carbocycles. The van der Waals surface area contributed by atoms with E-state index >= 15 is 0 Å². The number of H-pyrrole nitrogens is 1. The minimum atomic E-state index is -0.0137. The van der Waals surface area contributed by atoms with Gasteiger partial charge in [-0.05, 0) is 58.3 Å². The Morgan fingerprint density at radius 3 is 2.78 bits per heavy atom. The van der Waals surface area contributed by atoms with Crippen LogP contribution in [0.25, 0.3) is 28.0 Å². The minimum absolute atomic E-state index is 0.0137. The zero-order valence-corrected chi connectivity index (χ0v) is 19.5. The number of tetrazole rings is 1. The van der Waals surface area contributed by atoms with Gasteiger partial charge < -0.3 is 0 Å². The number of fused-ring (bicyclic) bond motifs is 1. The molecule has 2 aromatic heterocycles. The highest BCUT2D eigenvalue weighted by molar-refractivity contribution is 8.26. The number of thiophene rings is 1. The van der Waals surface area contributed by atoms with Gasteiger partial charge in [0, 0.05) is 17.8 Å². The summed E-state index contributed by atoms with van der Waals surface area (Å²) >= 11 is 8.47. The van der Waals surface area contributed by atoms with Crippen molar-refractivity contribution in [1.29, 1.82) is 0 Å². The van der Waals surface area contributed by atoms with Crippen LogP contribution in [-0.4, -0.2) is 42.3 Å². The first-order valence-corrected chi connectivity index (χ1v) is 12.3. The standard InChI is InChI=1S/C23H19N5OS3/c29-22-20(32-23(30)28(22)10-4-3-7-21-24-26-27-25-21)13-19-12-18(14-31-19)17-9-8-15-5-1-2-6-16(15)11-17/h1-2,5-6,8-9,11-14H,3-4,7,10H2,(H,24,25,26,27). The smallest absolute Gasteiger partial charge is 0.266 e. The molecule has 160 valence electrons. The van der Waals surface area contributed by atoms with Gasteiger partial charge in [-0.1, -0.05) is 65.6 Å². The number of benzene rings is 2. The molecule has 0 aliphatic carbocycles. The van der Waals surface area contributed by atoms with E-state index < -0.39 is 0 Å². The van der Waals surface area contributed by atoms with E-state index in [0.29, 0.717) is 21.6 Å². The van der Waals surface area contributed by atoms with Crippen LogP contribution in [0.1, 0.15) is 23.5 Å². The first kappa shape index (κ1) is 21.0. The van der Waals surface area contributed by atoms with Gasteiger partial charge in [0.2, 0.25) is 0 Å². The minimum Gasteiger partial charge on any atom is -0.293 e. The number of aryl methyl sites for hydroxylation is 1. The third-order valence-corrected chi connectivity index (χ3v) is 7.53. The summed E-state index contributed by atoms with van der Waals surface area (Å²) in [7, 11) is 0. The lowest BCUT2D eigenvalue weighted by atomic mass is 10.0. The molecule has 2 aromatic carbocycles. The molecular formula is C23H19N5OS3. The first-order chi connectivity index (χ1) is 15.7. The van der Waals surface area contributed by atoms with E-state index in [1.807, 2.05) is 6.08 Å². The number of hydrogen-bond acceptors (Lipinski definition) is 7. The molecule has 1 fully saturated rings. The molecular weight excluding hydrogens is 458 g/mol. The largest absolute Gasteiger partial charge is 0.293 e. The van der Waals surface area contributed by atoms with Crippen LogP contribution in [0.4, 0.5) is 0 Å². The van der Waals surface area contributed by atoms with Crippen molar-refractivity contribution in [2.75, 3.05) is 6.54 Å². The number of unbranched alkanes of at least 4 members (excludes halogenated alkanes) is 1. The quantitative estimate of drug-likeness (QED) is 0.221. The Labute approximate surface area is 198 Å². The summed E-state index contributed by atoms with van der Waals surface area (Å²) < 4.78 is 0.618. The molecule has 0 atom stereocenters. The van der Waals surface area contributed by atoms with Crippen LogP contribution in [0, 0.1) is 0 Å². The van der Waals surface area contributed by atoms with Gasteiger partial charge in [0.05, 0.1) is 4.91 Å². The number of hydrogen-bond donors (Lipinski definition) is 1. The lowest BCUT2D eigenvalue weighted by Gasteiger charge is -2.13. The Balaban J connectivity index is 1.25. The summed E-state index contributed by atoms with van der Waals surface area (Å²) in [4.78, 5) is 16.3. The SMILES string of the molecule is O=C1C(=Cc2cc(-c3ccc4ccccc4c3)cs2)SC(=S)N1CCCCc1nn[nH]n1. The number of thiocarbonyl (C=S) groups is 1. The maximum atomic E-state index is 12.9. The fraction of sp³-hybridized carbons (Fsp3) is 0.174. The normalized spacial score (nSPS) is 15.4. The number of nitrogens with zero attached hydrogens (tertiary/aromatic N) is 4. The van der Waals surface area contributed by atoms with E-state index in [4.69, 9.17) is 12.2 Å². The van der Waals surface area contributed by atoms with Crippen molar-refractivity contribution in [1.82, 2.24) is 25.5 Å². The Bertz CT molecular complexity index is 1310. The number of nitrogens with one attached hydrogen (secondary N) is 1. The van der Waals surface area contributed by atoms with Crippen LogP contribution in [0.15, 0.2) is 58.8 Å². The van der Waals surface area contributed by atoms with Crippen molar-refractivity contribution in [2.24, 2.45) is 0 Å². The number of aromatic nitrogens is 4. The summed E-state index contributed by atoms with van der Waals surface area (Å²) in [6.07, 6.45) is 4.39. The maximum absolute atomic E-state index is 12.9. The first-order valence-electron chi connectivity index (χ1n) is 10.2. The van der Waals surface area contributed by atoms with Gasteiger partial charge >= 0.3 is 0 Å². The fourth-order valence-corrected chi connectivity index (χ4v) is 5.83. The van der Waals surface area contributed by atoms with Crippen molar-refractivity contribution in [3.63, 3.8) is 0 Å². The molecule has 5 rings (SSSR count). The molecule has 4 aromatic rings. The number of rotatable bonds is 7. The summed E-state index contributed by atoms with van der Waals surface area (Å²) in [6, 6.07) is 17.0. The van der Waals surface area contributed by atoms with Gasteiger partial charge in [-0.15, -0.1) is 21.5 Å². The lowest BCUT2D eigenvalue weighted by molar-refractivity contribution is -0.122. The van der Waals surface area contributed by atoms with Crippen LogP contribution < -0.4 is 0 Å². The van der Waals surface area contributed by atoms with Crippen LogP contribution in [-0.2, 0) is 11.2 Å². The van der Waals surface area contributed by atoms with Gasteiger partial charge in [-0.3, -0.25) is 9.69 Å². The topological polar surface area (TPSA) is 74.8 Å².